The second-order valence-corrected chi connectivity index (χ2v) is 5.84. The first-order valence-corrected chi connectivity index (χ1v) is 7.62. The van der Waals surface area contributed by atoms with E-state index in [0.717, 1.165) is 16.7 Å². The third-order valence-electron chi connectivity index (χ3n) is 3.37. The van der Waals surface area contributed by atoms with Crippen molar-refractivity contribution in [1.29, 1.82) is 0 Å². The summed E-state index contributed by atoms with van der Waals surface area (Å²) in [5.41, 5.74) is 3.63. The van der Waals surface area contributed by atoms with Crippen molar-refractivity contribution < 1.29 is 14.3 Å². The van der Waals surface area contributed by atoms with Crippen LogP contribution in [-0.4, -0.2) is 19.6 Å². The molecule has 4 nitrogen and oxygen atoms in total. The Bertz CT molecular complexity index is 705. The Labute approximate surface area is 141 Å². The fourth-order valence-electron chi connectivity index (χ4n) is 2.29. The van der Waals surface area contributed by atoms with Gasteiger partial charge in [-0.2, -0.15) is 0 Å². The van der Waals surface area contributed by atoms with Crippen LogP contribution in [-0.2, 0) is 4.79 Å². The molecule has 0 unspecified atom stereocenters. The van der Waals surface area contributed by atoms with Gasteiger partial charge in [0.05, 0.1) is 17.8 Å². The number of rotatable bonds is 5. The number of aryl methyl sites for hydroxylation is 3. The average Bonchev–Trinajstić information content (AvgIpc) is 2.49. The van der Waals surface area contributed by atoms with Gasteiger partial charge in [0, 0.05) is 0 Å². The number of amides is 1. The zero-order chi connectivity index (χ0) is 17.0. The molecule has 0 fully saturated rings. The van der Waals surface area contributed by atoms with E-state index in [9.17, 15) is 4.79 Å². The number of anilines is 1. The van der Waals surface area contributed by atoms with Gasteiger partial charge in [0.2, 0.25) is 0 Å². The van der Waals surface area contributed by atoms with E-state index >= 15 is 0 Å². The van der Waals surface area contributed by atoms with Crippen molar-refractivity contribution in [2.75, 3.05) is 19.0 Å². The van der Waals surface area contributed by atoms with E-state index in [-0.39, 0.29) is 12.5 Å². The number of methoxy groups -OCH3 is 1. The van der Waals surface area contributed by atoms with Crippen molar-refractivity contribution in [1.82, 2.24) is 0 Å². The lowest BCUT2D eigenvalue weighted by Crippen LogP contribution is -2.21. The molecule has 2 aromatic rings. The molecular formula is C18H20ClNO3. The largest absolute Gasteiger partial charge is 0.493 e. The van der Waals surface area contributed by atoms with Gasteiger partial charge in [0.25, 0.3) is 5.91 Å². The summed E-state index contributed by atoms with van der Waals surface area (Å²) in [6.45, 7) is 5.69. The summed E-state index contributed by atoms with van der Waals surface area (Å²) in [6.07, 6.45) is 0. The lowest BCUT2D eigenvalue weighted by atomic mass is 10.1. The monoisotopic (exact) mass is 333 g/mol. The summed E-state index contributed by atoms with van der Waals surface area (Å²) in [5, 5.41) is 3.31. The normalized spacial score (nSPS) is 10.3. The van der Waals surface area contributed by atoms with E-state index in [4.69, 9.17) is 21.1 Å². The molecule has 0 saturated carbocycles. The van der Waals surface area contributed by atoms with Gasteiger partial charge in [-0.1, -0.05) is 23.7 Å². The fraction of sp³-hybridized carbons (Fsp3) is 0.278. The molecule has 1 N–H and O–H groups in total. The van der Waals surface area contributed by atoms with Crippen molar-refractivity contribution in [3.8, 4) is 11.5 Å². The number of carbonyl (C=O) groups is 1. The summed E-state index contributed by atoms with van der Waals surface area (Å²) in [5.74, 6) is 0.851. The number of halogens is 1. The SMILES string of the molecule is COc1cc(C)ccc1OCC(=O)Nc1c(C)cc(C)cc1Cl. The number of ether oxygens (including phenoxy) is 2. The third-order valence-corrected chi connectivity index (χ3v) is 3.67. The van der Waals surface area contributed by atoms with Crippen LogP contribution in [0.3, 0.4) is 0 Å². The molecule has 0 spiro atoms. The lowest BCUT2D eigenvalue weighted by molar-refractivity contribution is -0.118. The summed E-state index contributed by atoms with van der Waals surface area (Å²) in [4.78, 5) is 12.1. The van der Waals surface area contributed by atoms with Crippen molar-refractivity contribution in [3.05, 3.63) is 52.0 Å². The van der Waals surface area contributed by atoms with Crippen LogP contribution in [0.4, 0.5) is 5.69 Å². The maximum absolute atomic E-state index is 12.1. The number of nitrogens with one attached hydrogen (secondary N) is 1. The molecule has 0 aromatic heterocycles. The maximum atomic E-state index is 12.1. The minimum atomic E-state index is -0.276. The van der Waals surface area contributed by atoms with Gasteiger partial charge in [-0.3, -0.25) is 4.79 Å². The summed E-state index contributed by atoms with van der Waals surface area (Å²) in [7, 11) is 1.57. The number of carbonyl (C=O) groups excluding carboxylic acids is 1. The van der Waals surface area contributed by atoms with Crippen LogP contribution >= 0.6 is 11.6 Å². The van der Waals surface area contributed by atoms with Crippen LogP contribution in [0, 0.1) is 20.8 Å². The van der Waals surface area contributed by atoms with Gasteiger partial charge in [-0.15, -0.1) is 0 Å². The quantitative estimate of drug-likeness (QED) is 0.887. The van der Waals surface area contributed by atoms with Crippen LogP contribution in [0.1, 0.15) is 16.7 Å². The lowest BCUT2D eigenvalue weighted by Gasteiger charge is -2.13. The number of hydrogen-bond donors (Lipinski definition) is 1. The first-order chi connectivity index (χ1) is 10.9. The third kappa shape index (κ3) is 4.39. The maximum Gasteiger partial charge on any atom is 0.262 e. The predicted octanol–water partition coefficient (Wildman–Crippen LogP) is 4.29. The number of benzene rings is 2. The highest BCUT2D eigenvalue weighted by Gasteiger charge is 2.11. The van der Waals surface area contributed by atoms with E-state index in [1.54, 1.807) is 13.2 Å². The van der Waals surface area contributed by atoms with E-state index in [1.165, 1.54) is 0 Å². The molecular weight excluding hydrogens is 314 g/mol. The Morgan fingerprint density at radius 3 is 2.48 bits per heavy atom. The highest BCUT2D eigenvalue weighted by atomic mass is 35.5. The molecule has 0 heterocycles. The molecule has 0 aliphatic rings. The molecule has 23 heavy (non-hydrogen) atoms. The van der Waals surface area contributed by atoms with E-state index in [1.807, 2.05) is 45.0 Å². The van der Waals surface area contributed by atoms with E-state index in [0.29, 0.717) is 22.2 Å². The Balaban J connectivity index is 2.04. The molecule has 2 aromatic carbocycles. The molecule has 5 heteroatoms. The highest BCUT2D eigenvalue weighted by Crippen LogP contribution is 2.29. The van der Waals surface area contributed by atoms with Gasteiger partial charge in [0.15, 0.2) is 18.1 Å². The predicted molar refractivity (Wildman–Crippen MR) is 92.8 cm³/mol. The van der Waals surface area contributed by atoms with Gasteiger partial charge < -0.3 is 14.8 Å². The summed E-state index contributed by atoms with van der Waals surface area (Å²) >= 11 is 6.19. The van der Waals surface area contributed by atoms with Crippen LogP contribution in [0.15, 0.2) is 30.3 Å². The smallest absolute Gasteiger partial charge is 0.262 e. The molecule has 0 aliphatic heterocycles. The van der Waals surface area contributed by atoms with E-state index in [2.05, 4.69) is 5.32 Å². The van der Waals surface area contributed by atoms with Crippen molar-refractivity contribution in [3.63, 3.8) is 0 Å². The van der Waals surface area contributed by atoms with Crippen LogP contribution in [0.25, 0.3) is 0 Å². The topological polar surface area (TPSA) is 47.6 Å². The van der Waals surface area contributed by atoms with Crippen molar-refractivity contribution >= 4 is 23.2 Å². The fourth-order valence-corrected chi connectivity index (χ4v) is 2.66. The van der Waals surface area contributed by atoms with Gasteiger partial charge in [-0.25, -0.2) is 0 Å². The minimum absolute atomic E-state index is 0.122. The van der Waals surface area contributed by atoms with Crippen LogP contribution in [0.2, 0.25) is 5.02 Å². The first kappa shape index (κ1) is 17.2. The Morgan fingerprint density at radius 2 is 1.83 bits per heavy atom. The highest BCUT2D eigenvalue weighted by molar-refractivity contribution is 6.34. The summed E-state index contributed by atoms with van der Waals surface area (Å²) < 4.78 is 10.8. The summed E-state index contributed by atoms with van der Waals surface area (Å²) in [6, 6.07) is 9.32. The standard InChI is InChI=1S/C18H20ClNO3/c1-11-5-6-15(16(9-11)22-4)23-10-17(21)20-18-13(3)7-12(2)8-14(18)19/h5-9H,10H2,1-4H3,(H,20,21). The molecule has 2 rings (SSSR count). The Hall–Kier alpha value is -2.20. The Morgan fingerprint density at radius 1 is 1.09 bits per heavy atom. The van der Waals surface area contributed by atoms with Gasteiger partial charge in [-0.05, 0) is 55.7 Å². The van der Waals surface area contributed by atoms with Crippen molar-refractivity contribution in [2.45, 2.75) is 20.8 Å². The zero-order valence-corrected chi connectivity index (χ0v) is 14.5. The Kier molecular flexibility index (Phi) is 5.50. The second kappa shape index (κ2) is 7.38. The molecule has 0 aliphatic carbocycles. The molecule has 0 radical (unpaired) electrons. The second-order valence-electron chi connectivity index (χ2n) is 5.43. The van der Waals surface area contributed by atoms with Crippen LogP contribution in [0.5, 0.6) is 11.5 Å². The average molecular weight is 334 g/mol. The molecule has 122 valence electrons. The minimum Gasteiger partial charge on any atom is -0.493 e. The first-order valence-electron chi connectivity index (χ1n) is 7.24. The van der Waals surface area contributed by atoms with Crippen LogP contribution < -0.4 is 14.8 Å². The van der Waals surface area contributed by atoms with Gasteiger partial charge in [0.1, 0.15) is 0 Å². The number of hydrogen-bond acceptors (Lipinski definition) is 3. The molecule has 1 amide bonds. The van der Waals surface area contributed by atoms with Crippen molar-refractivity contribution in [2.24, 2.45) is 0 Å². The molecule has 0 saturated heterocycles. The van der Waals surface area contributed by atoms with Gasteiger partial charge >= 0.3 is 0 Å². The molecule has 0 bridgehead atoms. The van der Waals surface area contributed by atoms with E-state index < -0.39 is 0 Å². The zero-order valence-electron chi connectivity index (χ0n) is 13.7. The molecule has 0 atom stereocenters.